The first-order valence-corrected chi connectivity index (χ1v) is 8.29. The Morgan fingerprint density at radius 2 is 2.27 bits per heavy atom. The summed E-state index contributed by atoms with van der Waals surface area (Å²) in [5.74, 6) is 0.585. The first-order chi connectivity index (χ1) is 10.6. The zero-order chi connectivity index (χ0) is 15.6. The topological polar surface area (TPSA) is 39.1 Å². The number of likely N-dealkylation sites (tertiary alicyclic amines) is 1. The Labute approximate surface area is 132 Å². The van der Waals surface area contributed by atoms with Crippen molar-refractivity contribution in [3.05, 3.63) is 30.1 Å². The summed E-state index contributed by atoms with van der Waals surface area (Å²) in [4.78, 5) is 2.52. The minimum atomic E-state index is -0.580. The van der Waals surface area contributed by atoms with Crippen LogP contribution in [-0.2, 0) is 0 Å². The highest BCUT2D eigenvalue weighted by Crippen LogP contribution is 2.33. The molecule has 3 rings (SSSR count). The summed E-state index contributed by atoms with van der Waals surface area (Å²) >= 11 is 0. The van der Waals surface area contributed by atoms with Crippen molar-refractivity contribution >= 4 is 5.69 Å². The van der Waals surface area contributed by atoms with Gasteiger partial charge in [-0.15, -0.1) is 0 Å². The molecule has 0 spiro atoms. The van der Waals surface area contributed by atoms with Crippen LogP contribution in [0.15, 0.2) is 24.3 Å². The number of nitrogens with zero attached hydrogens (tertiary/aromatic N) is 2. The van der Waals surface area contributed by atoms with Crippen molar-refractivity contribution in [2.75, 3.05) is 18.4 Å². The quantitative estimate of drug-likeness (QED) is 0.919. The third-order valence-corrected chi connectivity index (χ3v) is 5.23. The highest BCUT2D eigenvalue weighted by atomic mass is 19.1. The number of halogens is 1. The molecule has 1 heterocycles. The number of hydrogen-bond acceptors (Lipinski definition) is 3. The van der Waals surface area contributed by atoms with Crippen LogP contribution in [0.25, 0.3) is 0 Å². The van der Waals surface area contributed by atoms with Crippen LogP contribution in [0.4, 0.5) is 10.1 Å². The van der Waals surface area contributed by atoms with E-state index in [0.29, 0.717) is 11.7 Å². The number of hydrogen-bond donors (Lipinski definition) is 1. The van der Waals surface area contributed by atoms with E-state index in [4.69, 9.17) is 0 Å². The van der Waals surface area contributed by atoms with Gasteiger partial charge in [-0.3, -0.25) is 0 Å². The van der Waals surface area contributed by atoms with Gasteiger partial charge in [0, 0.05) is 24.8 Å². The number of piperidine rings is 1. The maximum Gasteiger partial charge on any atom is 0.128 e. The molecule has 1 aromatic rings. The van der Waals surface area contributed by atoms with E-state index in [-0.39, 0.29) is 5.82 Å². The Morgan fingerprint density at radius 3 is 2.86 bits per heavy atom. The van der Waals surface area contributed by atoms with Gasteiger partial charge in [-0.25, -0.2) is 4.39 Å². The fraction of sp³-hybridized carbons (Fsp3) is 0.611. The van der Waals surface area contributed by atoms with Gasteiger partial charge in [-0.05, 0) is 56.7 Å². The van der Waals surface area contributed by atoms with E-state index in [1.54, 1.807) is 6.07 Å². The highest BCUT2D eigenvalue weighted by molar-refractivity contribution is 5.48. The van der Waals surface area contributed by atoms with Gasteiger partial charge < -0.3 is 10.2 Å². The van der Waals surface area contributed by atoms with Crippen LogP contribution in [-0.4, -0.2) is 29.6 Å². The smallest absolute Gasteiger partial charge is 0.128 e. The summed E-state index contributed by atoms with van der Waals surface area (Å²) in [6.07, 6.45) is 5.66. The van der Waals surface area contributed by atoms with Crippen LogP contribution in [0.1, 0.15) is 39.0 Å². The van der Waals surface area contributed by atoms with Gasteiger partial charge in [-0.2, -0.15) is 5.26 Å². The maximum absolute atomic E-state index is 13.3. The summed E-state index contributed by atoms with van der Waals surface area (Å²) in [6.45, 7) is 4.31. The maximum atomic E-state index is 13.3. The number of rotatable bonds is 4. The molecule has 1 aromatic carbocycles. The molecule has 22 heavy (non-hydrogen) atoms. The van der Waals surface area contributed by atoms with Crippen molar-refractivity contribution in [3.8, 4) is 6.07 Å². The van der Waals surface area contributed by atoms with E-state index in [0.717, 1.165) is 25.3 Å². The van der Waals surface area contributed by atoms with Crippen LogP contribution in [0.2, 0.25) is 0 Å². The van der Waals surface area contributed by atoms with Gasteiger partial charge in [0.25, 0.3) is 0 Å². The van der Waals surface area contributed by atoms with Gasteiger partial charge in [0.05, 0.1) is 6.07 Å². The Hall–Kier alpha value is -1.60. The molecular weight excluding hydrogens is 277 g/mol. The van der Waals surface area contributed by atoms with Crippen molar-refractivity contribution in [2.45, 2.75) is 50.6 Å². The predicted octanol–water partition coefficient (Wildman–Crippen LogP) is 3.78. The molecule has 2 aliphatic rings. The molecule has 4 heteroatoms. The Bertz CT molecular complexity index is 564. The number of nitriles is 1. The molecule has 2 fully saturated rings. The van der Waals surface area contributed by atoms with Crippen LogP contribution in [0, 0.1) is 23.1 Å². The first-order valence-electron chi connectivity index (χ1n) is 8.29. The second-order valence-electron chi connectivity index (χ2n) is 6.92. The second-order valence-corrected chi connectivity index (χ2v) is 6.92. The second kappa shape index (κ2) is 6.26. The number of benzene rings is 1. The van der Waals surface area contributed by atoms with Crippen molar-refractivity contribution in [1.29, 1.82) is 5.26 Å². The molecule has 1 saturated carbocycles. The summed E-state index contributed by atoms with van der Waals surface area (Å²) in [5.41, 5.74) is 0.116. The molecule has 0 amide bonds. The van der Waals surface area contributed by atoms with Crippen LogP contribution in [0.3, 0.4) is 0 Å². The van der Waals surface area contributed by atoms with Crippen molar-refractivity contribution < 1.29 is 4.39 Å². The third-order valence-electron chi connectivity index (χ3n) is 5.23. The number of nitrogens with one attached hydrogen (secondary N) is 1. The fourth-order valence-electron chi connectivity index (χ4n) is 3.65. The average Bonchev–Trinajstić information content (AvgIpc) is 2.44. The molecule has 118 valence electrons. The van der Waals surface area contributed by atoms with E-state index < -0.39 is 5.54 Å². The highest BCUT2D eigenvalue weighted by Gasteiger charge is 2.39. The molecule has 2 atom stereocenters. The fourth-order valence-corrected chi connectivity index (χ4v) is 3.65. The van der Waals surface area contributed by atoms with E-state index >= 15 is 0 Å². The monoisotopic (exact) mass is 301 g/mol. The lowest BCUT2D eigenvalue weighted by Gasteiger charge is -2.45. The first kappa shape index (κ1) is 15.3. The molecule has 1 aliphatic carbocycles. The summed E-state index contributed by atoms with van der Waals surface area (Å²) in [7, 11) is 0. The SMILES string of the molecule is C[C@H]1C[C@](C#N)(Nc2cccc(F)c2)CCN1CC1CCC1. The summed E-state index contributed by atoms with van der Waals surface area (Å²) in [6, 6.07) is 9.23. The summed E-state index contributed by atoms with van der Waals surface area (Å²) < 4.78 is 13.3. The molecular formula is C18H24FN3. The lowest BCUT2D eigenvalue weighted by Crippen LogP contribution is -2.53. The van der Waals surface area contributed by atoms with Gasteiger partial charge in [0.2, 0.25) is 0 Å². The standard InChI is InChI=1S/C18H24FN3/c1-14-11-18(13-20,21-17-7-3-6-16(19)10-17)8-9-22(14)12-15-4-2-5-15/h3,6-7,10,14-15,21H,2,4-5,8-9,11-12H2,1H3/t14-,18+/m0/s1. The Balaban J connectivity index is 1.65. The molecule has 0 radical (unpaired) electrons. The minimum Gasteiger partial charge on any atom is -0.367 e. The van der Waals surface area contributed by atoms with Gasteiger partial charge in [-0.1, -0.05) is 12.5 Å². The minimum absolute atomic E-state index is 0.270. The zero-order valence-corrected chi connectivity index (χ0v) is 13.2. The lowest BCUT2D eigenvalue weighted by atomic mass is 9.81. The van der Waals surface area contributed by atoms with Crippen LogP contribution in [0.5, 0.6) is 0 Å². The lowest BCUT2D eigenvalue weighted by molar-refractivity contribution is 0.0923. The molecule has 3 nitrogen and oxygen atoms in total. The zero-order valence-electron chi connectivity index (χ0n) is 13.2. The van der Waals surface area contributed by atoms with Gasteiger partial charge >= 0.3 is 0 Å². The molecule has 0 aromatic heterocycles. The predicted molar refractivity (Wildman–Crippen MR) is 86.0 cm³/mol. The third kappa shape index (κ3) is 3.25. The van der Waals surface area contributed by atoms with Crippen LogP contribution >= 0.6 is 0 Å². The van der Waals surface area contributed by atoms with Crippen molar-refractivity contribution in [2.24, 2.45) is 5.92 Å². The van der Waals surface area contributed by atoms with Gasteiger partial charge in [0.1, 0.15) is 11.4 Å². The summed E-state index contributed by atoms with van der Waals surface area (Å²) in [5, 5.41) is 13.0. The largest absolute Gasteiger partial charge is 0.367 e. The van der Waals surface area contributed by atoms with E-state index in [1.807, 2.05) is 6.07 Å². The Morgan fingerprint density at radius 1 is 1.45 bits per heavy atom. The average molecular weight is 301 g/mol. The molecule has 1 N–H and O–H groups in total. The molecule has 0 bridgehead atoms. The number of anilines is 1. The van der Waals surface area contributed by atoms with Crippen molar-refractivity contribution in [3.63, 3.8) is 0 Å². The van der Waals surface area contributed by atoms with Gasteiger partial charge in [0.15, 0.2) is 0 Å². The van der Waals surface area contributed by atoms with Crippen molar-refractivity contribution in [1.82, 2.24) is 4.90 Å². The van der Waals surface area contributed by atoms with E-state index in [1.165, 1.54) is 37.9 Å². The van der Waals surface area contributed by atoms with E-state index in [9.17, 15) is 9.65 Å². The molecule has 0 unspecified atom stereocenters. The molecule has 1 aliphatic heterocycles. The van der Waals surface area contributed by atoms with E-state index in [2.05, 4.69) is 23.2 Å². The molecule has 1 saturated heterocycles. The van der Waals surface area contributed by atoms with Crippen LogP contribution < -0.4 is 5.32 Å². The normalized spacial score (nSPS) is 29.6. The Kier molecular flexibility index (Phi) is 4.35.